The monoisotopic (exact) mass is 203 g/mol. The third kappa shape index (κ3) is 4.30. The van der Waals surface area contributed by atoms with Crippen LogP contribution in [-0.2, 0) is 0 Å². The van der Waals surface area contributed by atoms with Crippen molar-refractivity contribution < 1.29 is 0 Å². The fourth-order valence-electron chi connectivity index (χ4n) is 1.50. The molecule has 15 heavy (non-hydrogen) atoms. The zero-order valence-corrected chi connectivity index (χ0v) is 10.0. The van der Waals surface area contributed by atoms with Crippen molar-refractivity contribution in [3.8, 4) is 0 Å². The topological polar surface area (TPSA) is 12.0 Å². The Balaban J connectivity index is 2.52. The molecule has 1 aromatic rings. The molecule has 0 fully saturated rings. The van der Waals surface area contributed by atoms with Gasteiger partial charge in [-0.05, 0) is 44.5 Å². The van der Waals surface area contributed by atoms with Crippen molar-refractivity contribution in [1.82, 2.24) is 5.32 Å². The number of aryl methyl sites for hydroxylation is 1. The van der Waals surface area contributed by atoms with E-state index < -0.39 is 0 Å². The molecular weight excluding hydrogens is 182 g/mol. The molecule has 1 N–H and O–H groups in total. The summed E-state index contributed by atoms with van der Waals surface area (Å²) in [6, 6.07) is 8.71. The van der Waals surface area contributed by atoms with E-state index in [1.54, 1.807) is 0 Å². The fraction of sp³-hybridized carbons (Fsp3) is 0.429. The van der Waals surface area contributed by atoms with Gasteiger partial charge in [0, 0.05) is 0 Å². The number of hydrogen-bond donors (Lipinski definition) is 1. The third-order valence-corrected chi connectivity index (χ3v) is 2.53. The van der Waals surface area contributed by atoms with Crippen molar-refractivity contribution in [3.63, 3.8) is 0 Å². The van der Waals surface area contributed by atoms with Gasteiger partial charge in [0.15, 0.2) is 0 Å². The normalized spacial score (nSPS) is 11.8. The van der Waals surface area contributed by atoms with Crippen LogP contribution in [0, 0.1) is 6.92 Å². The van der Waals surface area contributed by atoms with Crippen LogP contribution in [0.2, 0.25) is 0 Å². The van der Waals surface area contributed by atoms with Gasteiger partial charge in [0.1, 0.15) is 0 Å². The average molecular weight is 203 g/mol. The second-order valence-corrected chi connectivity index (χ2v) is 3.90. The molecule has 0 saturated heterocycles. The van der Waals surface area contributed by atoms with E-state index in [0.29, 0.717) is 0 Å². The molecule has 0 bridgehead atoms. The summed E-state index contributed by atoms with van der Waals surface area (Å²) < 4.78 is 0. The zero-order valence-electron chi connectivity index (χ0n) is 10.0. The maximum atomic E-state index is 3.32. The number of nitrogens with one attached hydrogen (secondary N) is 1. The van der Waals surface area contributed by atoms with Gasteiger partial charge in [-0.3, -0.25) is 0 Å². The predicted molar refractivity (Wildman–Crippen MR) is 68.0 cm³/mol. The van der Waals surface area contributed by atoms with Gasteiger partial charge in [0.05, 0.1) is 0 Å². The minimum absolute atomic E-state index is 1.05. The Morgan fingerprint density at radius 3 is 2.53 bits per heavy atom. The number of hydrogen-bond acceptors (Lipinski definition) is 1. The molecule has 0 saturated carbocycles. The first kappa shape index (κ1) is 12.0. The molecule has 0 aliphatic carbocycles. The summed E-state index contributed by atoms with van der Waals surface area (Å²) in [6.07, 6.45) is 3.40. The van der Waals surface area contributed by atoms with E-state index in [-0.39, 0.29) is 0 Å². The molecule has 0 heterocycles. The van der Waals surface area contributed by atoms with Gasteiger partial charge in [0.25, 0.3) is 0 Å². The van der Waals surface area contributed by atoms with Crippen molar-refractivity contribution in [2.45, 2.75) is 27.2 Å². The van der Waals surface area contributed by atoms with E-state index in [1.165, 1.54) is 16.7 Å². The Labute approximate surface area is 93.2 Å². The summed E-state index contributed by atoms with van der Waals surface area (Å²) >= 11 is 0. The molecule has 0 spiro atoms. The quantitative estimate of drug-likeness (QED) is 0.723. The SMILES string of the molecule is CCNCCC=C(C)c1ccc(C)cc1. The van der Waals surface area contributed by atoms with E-state index in [9.17, 15) is 0 Å². The Morgan fingerprint density at radius 1 is 1.27 bits per heavy atom. The largest absolute Gasteiger partial charge is 0.317 e. The minimum atomic E-state index is 1.05. The Hall–Kier alpha value is -1.08. The van der Waals surface area contributed by atoms with E-state index in [1.807, 2.05) is 0 Å². The van der Waals surface area contributed by atoms with Crippen molar-refractivity contribution >= 4 is 5.57 Å². The number of rotatable bonds is 5. The fourth-order valence-corrected chi connectivity index (χ4v) is 1.50. The molecule has 1 heteroatoms. The minimum Gasteiger partial charge on any atom is -0.317 e. The van der Waals surface area contributed by atoms with E-state index in [0.717, 1.165) is 19.5 Å². The number of allylic oxidation sites excluding steroid dienone is 1. The predicted octanol–water partition coefficient (Wildman–Crippen LogP) is 3.40. The van der Waals surface area contributed by atoms with Crippen molar-refractivity contribution in [2.75, 3.05) is 13.1 Å². The van der Waals surface area contributed by atoms with Gasteiger partial charge in [-0.2, -0.15) is 0 Å². The van der Waals surface area contributed by atoms with Crippen LogP contribution < -0.4 is 5.32 Å². The van der Waals surface area contributed by atoms with Gasteiger partial charge in [-0.1, -0.05) is 42.8 Å². The van der Waals surface area contributed by atoms with Gasteiger partial charge < -0.3 is 5.32 Å². The highest BCUT2D eigenvalue weighted by atomic mass is 14.8. The highest BCUT2D eigenvalue weighted by molar-refractivity contribution is 5.63. The van der Waals surface area contributed by atoms with Crippen LogP contribution in [0.15, 0.2) is 30.3 Å². The van der Waals surface area contributed by atoms with E-state index in [2.05, 4.69) is 56.4 Å². The molecule has 1 nitrogen and oxygen atoms in total. The molecule has 0 aromatic heterocycles. The standard InChI is InChI=1S/C14H21N/c1-4-15-11-5-6-13(3)14-9-7-12(2)8-10-14/h6-10,15H,4-5,11H2,1-3H3. The van der Waals surface area contributed by atoms with Crippen LogP contribution in [0.4, 0.5) is 0 Å². The number of benzene rings is 1. The smallest absolute Gasteiger partial charge is 0.00142 e. The molecule has 0 aliphatic rings. The summed E-state index contributed by atoms with van der Waals surface area (Å²) in [6.45, 7) is 8.55. The lowest BCUT2D eigenvalue weighted by Crippen LogP contribution is -2.13. The Morgan fingerprint density at radius 2 is 1.93 bits per heavy atom. The van der Waals surface area contributed by atoms with Crippen LogP contribution in [0.3, 0.4) is 0 Å². The van der Waals surface area contributed by atoms with Crippen LogP contribution in [0.1, 0.15) is 31.4 Å². The highest BCUT2D eigenvalue weighted by Crippen LogP contribution is 2.14. The average Bonchev–Trinajstić information content (AvgIpc) is 2.25. The molecule has 0 radical (unpaired) electrons. The zero-order chi connectivity index (χ0) is 11.1. The van der Waals surface area contributed by atoms with Crippen molar-refractivity contribution in [2.24, 2.45) is 0 Å². The van der Waals surface area contributed by atoms with Gasteiger partial charge >= 0.3 is 0 Å². The molecule has 82 valence electrons. The van der Waals surface area contributed by atoms with E-state index >= 15 is 0 Å². The van der Waals surface area contributed by atoms with Crippen LogP contribution >= 0.6 is 0 Å². The maximum absolute atomic E-state index is 3.32. The van der Waals surface area contributed by atoms with Gasteiger partial charge in [-0.25, -0.2) is 0 Å². The van der Waals surface area contributed by atoms with Crippen LogP contribution in [0.25, 0.3) is 5.57 Å². The summed E-state index contributed by atoms with van der Waals surface area (Å²) in [5.74, 6) is 0. The summed E-state index contributed by atoms with van der Waals surface area (Å²) in [5.41, 5.74) is 4.02. The second-order valence-electron chi connectivity index (χ2n) is 3.90. The lowest BCUT2D eigenvalue weighted by Gasteiger charge is -2.03. The Bertz CT molecular complexity index is 309. The molecule has 0 aliphatic heterocycles. The van der Waals surface area contributed by atoms with Crippen LogP contribution in [0.5, 0.6) is 0 Å². The van der Waals surface area contributed by atoms with Crippen molar-refractivity contribution in [3.05, 3.63) is 41.5 Å². The third-order valence-electron chi connectivity index (χ3n) is 2.53. The summed E-state index contributed by atoms with van der Waals surface area (Å²) in [5, 5.41) is 3.32. The van der Waals surface area contributed by atoms with E-state index in [4.69, 9.17) is 0 Å². The molecule has 0 amide bonds. The lowest BCUT2D eigenvalue weighted by molar-refractivity contribution is 0.727. The van der Waals surface area contributed by atoms with Crippen molar-refractivity contribution in [1.29, 1.82) is 0 Å². The molecular formula is C14H21N. The molecule has 0 unspecified atom stereocenters. The maximum Gasteiger partial charge on any atom is -0.00142 e. The lowest BCUT2D eigenvalue weighted by atomic mass is 10.0. The molecule has 1 aromatic carbocycles. The van der Waals surface area contributed by atoms with Gasteiger partial charge in [-0.15, -0.1) is 0 Å². The first-order valence-corrected chi connectivity index (χ1v) is 5.68. The molecule has 0 atom stereocenters. The molecule has 1 rings (SSSR count). The van der Waals surface area contributed by atoms with Crippen LogP contribution in [-0.4, -0.2) is 13.1 Å². The summed E-state index contributed by atoms with van der Waals surface area (Å²) in [4.78, 5) is 0. The highest BCUT2D eigenvalue weighted by Gasteiger charge is 1.94. The van der Waals surface area contributed by atoms with Gasteiger partial charge in [0.2, 0.25) is 0 Å². The second kappa shape index (κ2) is 6.41. The summed E-state index contributed by atoms with van der Waals surface area (Å²) in [7, 11) is 0. The first-order chi connectivity index (χ1) is 7.24. The Kier molecular flexibility index (Phi) is 5.13. The first-order valence-electron chi connectivity index (χ1n) is 5.68.